The van der Waals surface area contributed by atoms with Crippen LogP contribution in [0.1, 0.15) is 23.2 Å². The Kier molecular flexibility index (Phi) is 6.88. The van der Waals surface area contributed by atoms with Crippen LogP contribution in [-0.4, -0.2) is 35.0 Å². The normalized spacial score (nSPS) is 16.5. The van der Waals surface area contributed by atoms with Gasteiger partial charge in [0.25, 0.3) is 5.91 Å². The molecule has 0 radical (unpaired) electrons. The van der Waals surface area contributed by atoms with Gasteiger partial charge in [-0.05, 0) is 66.5 Å². The van der Waals surface area contributed by atoms with Crippen molar-refractivity contribution in [1.29, 1.82) is 0 Å². The van der Waals surface area contributed by atoms with Gasteiger partial charge in [-0.1, -0.05) is 30.8 Å². The zero-order valence-electron chi connectivity index (χ0n) is 17.4. The maximum Gasteiger partial charge on any atom is 0.315 e. The lowest BCUT2D eigenvalue weighted by Gasteiger charge is -2.39. The Labute approximate surface area is 185 Å². The molecule has 2 aromatic rings. The molecule has 1 aliphatic heterocycles. The van der Waals surface area contributed by atoms with Crippen LogP contribution in [-0.2, 0) is 4.79 Å². The molecule has 0 unspecified atom stereocenters. The second-order valence-corrected chi connectivity index (χ2v) is 7.64. The van der Waals surface area contributed by atoms with Crippen LogP contribution in [0, 0.1) is 11.2 Å². The SMILES string of the molecule is C=C/C(F)=C\C=C(/N)C1(C(=O)O)CCN(C(=O)c2ccc(-c3ccc(F)cc3)cc2)CC1. The molecule has 0 saturated carbocycles. The number of allylic oxidation sites excluding steroid dienone is 4. The van der Waals surface area contributed by atoms with Gasteiger partial charge in [-0.3, -0.25) is 9.59 Å². The van der Waals surface area contributed by atoms with Crippen LogP contribution in [0.2, 0.25) is 0 Å². The van der Waals surface area contributed by atoms with Crippen molar-refractivity contribution in [3.63, 3.8) is 0 Å². The van der Waals surface area contributed by atoms with Crippen LogP contribution >= 0.6 is 0 Å². The largest absolute Gasteiger partial charge is 0.481 e. The van der Waals surface area contributed by atoms with Gasteiger partial charge in [0, 0.05) is 24.4 Å². The van der Waals surface area contributed by atoms with E-state index in [1.165, 1.54) is 18.2 Å². The lowest BCUT2D eigenvalue weighted by atomic mass is 9.75. The molecule has 0 bridgehead atoms. The zero-order valence-corrected chi connectivity index (χ0v) is 17.4. The highest BCUT2D eigenvalue weighted by Gasteiger charge is 2.44. The lowest BCUT2D eigenvalue weighted by Crippen LogP contribution is -2.48. The molecule has 166 valence electrons. The Bertz CT molecular complexity index is 1070. The second-order valence-electron chi connectivity index (χ2n) is 7.64. The molecule has 3 N–H and O–H groups in total. The maximum absolute atomic E-state index is 13.3. The number of carbonyl (C=O) groups is 2. The third-order valence-electron chi connectivity index (χ3n) is 5.79. The fourth-order valence-electron chi connectivity index (χ4n) is 3.74. The van der Waals surface area contributed by atoms with Crippen molar-refractivity contribution in [3.8, 4) is 11.1 Å². The molecule has 1 fully saturated rings. The van der Waals surface area contributed by atoms with E-state index in [0.717, 1.165) is 23.3 Å². The number of nitrogens with two attached hydrogens (primary N) is 1. The minimum absolute atomic E-state index is 0.0396. The summed E-state index contributed by atoms with van der Waals surface area (Å²) in [6.07, 6.45) is 3.56. The summed E-state index contributed by atoms with van der Waals surface area (Å²) in [5.74, 6) is -2.25. The first-order valence-electron chi connectivity index (χ1n) is 10.1. The third-order valence-corrected chi connectivity index (χ3v) is 5.79. The van der Waals surface area contributed by atoms with Crippen LogP contribution in [0.15, 0.2) is 84.9 Å². The first-order valence-corrected chi connectivity index (χ1v) is 10.1. The number of hydrogen-bond donors (Lipinski definition) is 2. The Morgan fingerprint density at radius 1 is 1.00 bits per heavy atom. The monoisotopic (exact) mass is 438 g/mol. The minimum atomic E-state index is -1.36. The van der Waals surface area contributed by atoms with Crippen molar-refractivity contribution in [2.24, 2.45) is 11.1 Å². The van der Waals surface area contributed by atoms with E-state index in [0.29, 0.717) is 5.56 Å². The number of nitrogens with zero attached hydrogens (tertiary/aromatic N) is 1. The highest BCUT2D eigenvalue weighted by atomic mass is 19.1. The molecule has 1 aliphatic rings. The summed E-state index contributed by atoms with van der Waals surface area (Å²) in [6, 6.07) is 13.0. The molecule has 1 amide bonds. The van der Waals surface area contributed by atoms with Crippen molar-refractivity contribution >= 4 is 11.9 Å². The molecule has 0 aliphatic carbocycles. The zero-order chi connectivity index (χ0) is 23.3. The number of amides is 1. The van der Waals surface area contributed by atoms with Crippen LogP contribution in [0.5, 0.6) is 0 Å². The van der Waals surface area contributed by atoms with Crippen LogP contribution in [0.25, 0.3) is 11.1 Å². The fourth-order valence-corrected chi connectivity index (χ4v) is 3.74. The highest BCUT2D eigenvalue weighted by Crippen LogP contribution is 2.37. The van der Waals surface area contributed by atoms with Gasteiger partial charge in [0.05, 0.1) is 0 Å². The number of carboxylic acid groups (broad SMARTS) is 1. The van der Waals surface area contributed by atoms with Crippen molar-refractivity contribution < 1.29 is 23.5 Å². The third kappa shape index (κ3) is 4.77. The van der Waals surface area contributed by atoms with Gasteiger partial charge < -0.3 is 15.7 Å². The summed E-state index contributed by atoms with van der Waals surface area (Å²) >= 11 is 0. The standard InChI is InChI=1S/C25H24F2N2O3/c1-2-20(26)11-12-22(28)25(24(31)32)13-15-29(16-14-25)23(30)19-5-3-17(4-6-19)18-7-9-21(27)10-8-18/h2-12H,1,13-16,28H2,(H,31,32)/b20-11+,22-12-. The quantitative estimate of drug-likeness (QED) is 0.642. The van der Waals surface area contributed by atoms with E-state index >= 15 is 0 Å². The highest BCUT2D eigenvalue weighted by molar-refractivity contribution is 5.95. The Morgan fingerprint density at radius 3 is 2.03 bits per heavy atom. The summed E-state index contributed by atoms with van der Waals surface area (Å²) in [6.45, 7) is 3.70. The van der Waals surface area contributed by atoms with E-state index in [1.807, 2.05) is 0 Å². The number of hydrogen-bond acceptors (Lipinski definition) is 3. The van der Waals surface area contributed by atoms with E-state index < -0.39 is 17.2 Å². The van der Waals surface area contributed by atoms with Crippen molar-refractivity contribution in [3.05, 3.63) is 96.2 Å². The Hall–Kier alpha value is -3.74. The second kappa shape index (κ2) is 9.60. The number of aliphatic carboxylic acids is 1. The molecule has 0 atom stereocenters. The molecule has 32 heavy (non-hydrogen) atoms. The average Bonchev–Trinajstić information content (AvgIpc) is 2.82. The fraction of sp³-hybridized carbons (Fsp3) is 0.200. The Balaban J connectivity index is 1.72. The number of carboxylic acids is 1. The maximum atomic E-state index is 13.3. The molecule has 2 aromatic carbocycles. The van der Waals surface area contributed by atoms with Gasteiger partial charge in [0.1, 0.15) is 17.1 Å². The number of rotatable bonds is 6. The van der Waals surface area contributed by atoms with Crippen molar-refractivity contribution in [2.45, 2.75) is 12.8 Å². The van der Waals surface area contributed by atoms with Crippen molar-refractivity contribution in [1.82, 2.24) is 4.90 Å². The number of piperidine rings is 1. The predicted molar refractivity (Wildman–Crippen MR) is 119 cm³/mol. The topological polar surface area (TPSA) is 83.6 Å². The van der Waals surface area contributed by atoms with Crippen molar-refractivity contribution in [2.75, 3.05) is 13.1 Å². The smallest absolute Gasteiger partial charge is 0.315 e. The number of likely N-dealkylation sites (tertiary alicyclic amines) is 1. The predicted octanol–water partition coefficient (Wildman–Crippen LogP) is 4.68. The van der Waals surface area contributed by atoms with Gasteiger partial charge in [-0.25, -0.2) is 8.78 Å². The van der Waals surface area contributed by atoms with E-state index in [2.05, 4.69) is 6.58 Å². The minimum Gasteiger partial charge on any atom is -0.481 e. The van der Waals surface area contributed by atoms with Gasteiger partial charge in [0.2, 0.25) is 0 Å². The molecule has 0 aromatic heterocycles. The summed E-state index contributed by atoms with van der Waals surface area (Å²) < 4.78 is 26.4. The van der Waals surface area contributed by atoms with E-state index in [9.17, 15) is 23.5 Å². The molecule has 7 heteroatoms. The molecular formula is C25H24F2N2O3. The van der Waals surface area contributed by atoms with E-state index in [-0.39, 0.29) is 43.4 Å². The van der Waals surface area contributed by atoms with Crippen LogP contribution in [0.3, 0.4) is 0 Å². The number of carbonyl (C=O) groups excluding carboxylic acids is 1. The molecule has 5 nitrogen and oxygen atoms in total. The summed E-state index contributed by atoms with van der Waals surface area (Å²) in [4.78, 5) is 26.5. The first-order chi connectivity index (χ1) is 15.3. The molecular weight excluding hydrogens is 414 g/mol. The van der Waals surface area contributed by atoms with E-state index in [1.54, 1.807) is 41.3 Å². The average molecular weight is 438 g/mol. The summed E-state index contributed by atoms with van der Waals surface area (Å²) in [7, 11) is 0. The summed E-state index contributed by atoms with van der Waals surface area (Å²) in [5.41, 5.74) is 6.84. The van der Waals surface area contributed by atoms with Gasteiger partial charge in [0.15, 0.2) is 0 Å². The Morgan fingerprint density at radius 2 is 1.53 bits per heavy atom. The van der Waals surface area contributed by atoms with Crippen LogP contribution in [0.4, 0.5) is 8.78 Å². The molecule has 0 spiro atoms. The van der Waals surface area contributed by atoms with Crippen LogP contribution < -0.4 is 5.73 Å². The van der Waals surface area contributed by atoms with Gasteiger partial charge in [-0.15, -0.1) is 0 Å². The molecule has 1 saturated heterocycles. The lowest BCUT2D eigenvalue weighted by molar-refractivity contribution is -0.149. The number of benzene rings is 2. The van der Waals surface area contributed by atoms with E-state index in [4.69, 9.17) is 5.73 Å². The summed E-state index contributed by atoms with van der Waals surface area (Å²) in [5, 5.41) is 9.80. The van der Waals surface area contributed by atoms with Gasteiger partial charge >= 0.3 is 5.97 Å². The van der Waals surface area contributed by atoms with Gasteiger partial charge in [-0.2, -0.15) is 0 Å². The number of halogens is 2. The molecule has 1 heterocycles. The first kappa shape index (κ1) is 22.9. The molecule has 3 rings (SSSR count).